The fourth-order valence-corrected chi connectivity index (χ4v) is 3.23. The molecule has 1 aliphatic heterocycles. The molecule has 1 saturated heterocycles. The fraction of sp³-hybridized carbons (Fsp3) is 0.588. The molecule has 0 bridgehead atoms. The Bertz CT molecular complexity index is 507. The number of hydrogen-bond acceptors (Lipinski definition) is 4. The molecule has 22 heavy (non-hydrogen) atoms. The van der Waals surface area contributed by atoms with Crippen LogP contribution in [0.3, 0.4) is 0 Å². The number of carbonyl (C=O) groups is 1. The van der Waals surface area contributed by atoms with Gasteiger partial charge in [0.25, 0.3) is 0 Å². The Kier molecular flexibility index (Phi) is 4.64. The molecule has 1 unspecified atom stereocenters. The van der Waals surface area contributed by atoms with Gasteiger partial charge in [0.1, 0.15) is 6.61 Å². The molecule has 120 valence electrons. The lowest BCUT2D eigenvalue weighted by Gasteiger charge is -2.34. The molecule has 1 saturated carbocycles. The lowest BCUT2D eigenvalue weighted by molar-refractivity contribution is -0.0504. The number of carbonyl (C=O) groups excluding carboxylic acids is 1. The number of fused-ring (bicyclic) bond motifs is 1. The standard InChI is InChI=1S/C17H23NO4/c1-12-21-15-9-8-14(10-16(15)22-12)18(2)17(19)20-11-13-6-4-3-5-7-13/h3-7,12,14-16H,8-11H2,1-2H3/t12?,14-,15-,16-/m1/s1. The summed E-state index contributed by atoms with van der Waals surface area (Å²) in [5.41, 5.74) is 0.995. The zero-order chi connectivity index (χ0) is 15.5. The van der Waals surface area contributed by atoms with E-state index in [0.29, 0.717) is 6.61 Å². The monoisotopic (exact) mass is 305 g/mol. The first-order chi connectivity index (χ1) is 10.6. The summed E-state index contributed by atoms with van der Waals surface area (Å²) in [5, 5.41) is 0. The first-order valence-corrected chi connectivity index (χ1v) is 7.88. The average Bonchev–Trinajstić information content (AvgIpc) is 2.92. The van der Waals surface area contributed by atoms with Crippen molar-refractivity contribution in [2.45, 2.75) is 57.3 Å². The van der Waals surface area contributed by atoms with Gasteiger partial charge in [-0.25, -0.2) is 4.79 Å². The van der Waals surface area contributed by atoms with E-state index in [4.69, 9.17) is 14.2 Å². The van der Waals surface area contributed by atoms with Crippen molar-refractivity contribution >= 4 is 6.09 Å². The molecule has 0 spiro atoms. The molecule has 5 nitrogen and oxygen atoms in total. The van der Waals surface area contributed by atoms with Crippen molar-refractivity contribution in [2.75, 3.05) is 7.05 Å². The van der Waals surface area contributed by atoms with Crippen LogP contribution in [0.25, 0.3) is 0 Å². The molecule has 0 radical (unpaired) electrons. The molecule has 1 aromatic rings. The first kappa shape index (κ1) is 15.3. The van der Waals surface area contributed by atoms with E-state index in [1.54, 1.807) is 11.9 Å². The SMILES string of the molecule is CC1O[C@@H]2CC[C@@H](N(C)C(=O)OCc3ccccc3)C[C@H]2O1. The lowest BCUT2D eigenvalue weighted by atomic mass is 9.90. The summed E-state index contributed by atoms with van der Waals surface area (Å²) < 4.78 is 16.8. The largest absolute Gasteiger partial charge is 0.445 e. The second-order valence-corrected chi connectivity index (χ2v) is 6.03. The summed E-state index contributed by atoms with van der Waals surface area (Å²) in [4.78, 5) is 13.9. The van der Waals surface area contributed by atoms with Gasteiger partial charge in [-0.15, -0.1) is 0 Å². The Morgan fingerprint density at radius 3 is 2.73 bits per heavy atom. The molecule has 0 N–H and O–H groups in total. The number of nitrogens with zero attached hydrogens (tertiary/aromatic N) is 1. The third-order valence-corrected chi connectivity index (χ3v) is 4.48. The zero-order valence-electron chi connectivity index (χ0n) is 13.1. The van der Waals surface area contributed by atoms with Gasteiger partial charge < -0.3 is 19.1 Å². The first-order valence-electron chi connectivity index (χ1n) is 7.88. The van der Waals surface area contributed by atoms with Gasteiger partial charge in [0.2, 0.25) is 0 Å². The zero-order valence-corrected chi connectivity index (χ0v) is 13.1. The molecule has 0 aromatic heterocycles. The Balaban J connectivity index is 1.50. The van der Waals surface area contributed by atoms with Crippen LogP contribution in [0, 0.1) is 0 Å². The molecule has 4 atom stereocenters. The third-order valence-electron chi connectivity index (χ3n) is 4.48. The van der Waals surface area contributed by atoms with Gasteiger partial charge in [-0.1, -0.05) is 30.3 Å². The van der Waals surface area contributed by atoms with Crippen LogP contribution in [0.15, 0.2) is 30.3 Å². The van der Waals surface area contributed by atoms with Crippen molar-refractivity contribution in [1.82, 2.24) is 4.90 Å². The Labute approximate surface area is 131 Å². The fourth-order valence-electron chi connectivity index (χ4n) is 3.23. The molecule has 1 amide bonds. The maximum atomic E-state index is 12.2. The van der Waals surface area contributed by atoms with Crippen LogP contribution in [0.4, 0.5) is 4.79 Å². The maximum absolute atomic E-state index is 12.2. The summed E-state index contributed by atoms with van der Waals surface area (Å²) in [6.07, 6.45) is 2.53. The van der Waals surface area contributed by atoms with Gasteiger partial charge in [-0.2, -0.15) is 0 Å². The number of amides is 1. The van der Waals surface area contributed by atoms with Gasteiger partial charge in [-0.3, -0.25) is 0 Å². The number of benzene rings is 1. The molecule has 1 aromatic carbocycles. The normalized spacial score (nSPS) is 30.6. The van der Waals surface area contributed by atoms with Crippen LogP contribution in [-0.2, 0) is 20.8 Å². The molecular weight excluding hydrogens is 282 g/mol. The smallest absolute Gasteiger partial charge is 0.410 e. The van der Waals surface area contributed by atoms with E-state index in [-0.39, 0.29) is 30.6 Å². The lowest BCUT2D eigenvalue weighted by Crippen LogP contribution is -2.45. The summed E-state index contributed by atoms with van der Waals surface area (Å²) in [7, 11) is 1.80. The van der Waals surface area contributed by atoms with Gasteiger partial charge in [0.05, 0.1) is 12.2 Å². The summed E-state index contributed by atoms with van der Waals surface area (Å²) in [6, 6.07) is 9.87. The minimum Gasteiger partial charge on any atom is -0.445 e. The van der Waals surface area contributed by atoms with Crippen LogP contribution < -0.4 is 0 Å². The average molecular weight is 305 g/mol. The molecule has 2 fully saturated rings. The predicted molar refractivity (Wildman–Crippen MR) is 81.2 cm³/mol. The third kappa shape index (κ3) is 3.42. The van der Waals surface area contributed by atoms with E-state index in [2.05, 4.69) is 0 Å². The molecular formula is C17H23NO4. The van der Waals surface area contributed by atoms with Crippen LogP contribution in [0.5, 0.6) is 0 Å². The van der Waals surface area contributed by atoms with Crippen molar-refractivity contribution in [3.8, 4) is 0 Å². The van der Waals surface area contributed by atoms with Crippen molar-refractivity contribution in [1.29, 1.82) is 0 Å². The molecule has 5 heteroatoms. The van der Waals surface area contributed by atoms with Crippen molar-refractivity contribution < 1.29 is 19.0 Å². The van der Waals surface area contributed by atoms with E-state index in [1.165, 1.54) is 0 Å². The minimum atomic E-state index is -0.278. The Morgan fingerprint density at radius 1 is 1.23 bits per heavy atom. The highest BCUT2D eigenvalue weighted by Gasteiger charge is 2.41. The van der Waals surface area contributed by atoms with Gasteiger partial charge in [0, 0.05) is 13.1 Å². The topological polar surface area (TPSA) is 48.0 Å². The molecule has 2 aliphatic rings. The number of ether oxygens (including phenoxy) is 3. The molecule has 1 aliphatic carbocycles. The Morgan fingerprint density at radius 2 is 1.95 bits per heavy atom. The summed E-state index contributed by atoms with van der Waals surface area (Å²) in [5.74, 6) is 0. The van der Waals surface area contributed by atoms with Crippen LogP contribution in [0.1, 0.15) is 31.7 Å². The quantitative estimate of drug-likeness (QED) is 0.861. The van der Waals surface area contributed by atoms with E-state index >= 15 is 0 Å². The van der Waals surface area contributed by atoms with E-state index in [1.807, 2.05) is 37.3 Å². The highest BCUT2D eigenvalue weighted by Crippen LogP contribution is 2.33. The summed E-state index contributed by atoms with van der Waals surface area (Å²) in [6.45, 7) is 2.23. The molecule has 3 rings (SSSR count). The summed E-state index contributed by atoms with van der Waals surface area (Å²) >= 11 is 0. The van der Waals surface area contributed by atoms with E-state index < -0.39 is 0 Å². The second-order valence-electron chi connectivity index (χ2n) is 6.03. The van der Waals surface area contributed by atoms with E-state index in [9.17, 15) is 4.79 Å². The van der Waals surface area contributed by atoms with Crippen molar-refractivity contribution in [3.63, 3.8) is 0 Å². The maximum Gasteiger partial charge on any atom is 0.410 e. The highest BCUT2D eigenvalue weighted by molar-refractivity contribution is 5.67. The van der Waals surface area contributed by atoms with Crippen molar-refractivity contribution in [2.24, 2.45) is 0 Å². The van der Waals surface area contributed by atoms with Crippen LogP contribution in [0.2, 0.25) is 0 Å². The highest BCUT2D eigenvalue weighted by atomic mass is 16.7. The van der Waals surface area contributed by atoms with Gasteiger partial charge >= 0.3 is 6.09 Å². The predicted octanol–water partition coefficient (Wildman–Crippen LogP) is 2.94. The van der Waals surface area contributed by atoms with Crippen molar-refractivity contribution in [3.05, 3.63) is 35.9 Å². The molecule has 1 heterocycles. The van der Waals surface area contributed by atoms with Crippen LogP contribution in [-0.4, -0.2) is 42.6 Å². The Hall–Kier alpha value is -1.59. The van der Waals surface area contributed by atoms with Crippen LogP contribution >= 0.6 is 0 Å². The van der Waals surface area contributed by atoms with Gasteiger partial charge in [0.15, 0.2) is 6.29 Å². The number of hydrogen-bond donors (Lipinski definition) is 0. The minimum absolute atomic E-state index is 0.0955. The van der Waals surface area contributed by atoms with Gasteiger partial charge in [-0.05, 0) is 31.7 Å². The second kappa shape index (κ2) is 6.67. The van der Waals surface area contributed by atoms with E-state index in [0.717, 1.165) is 24.8 Å². The number of rotatable bonds is 3.